The van der Waals surface area contributed by atoms with Crippen LogP contribution in [0.3, 0.4) is 0 Å². The van der Waals surface area contributed by atoms with Gasteiger partial charge in [-0.05, 0) is 67.1 Å². The first-order valence-corrected chi connectivity index (χ1v) is 10.7. The molecule has 0 saturated heterocycles. The molecule has 5 rings (SSSR count). The average Bonchev–Trinajstić information content (AvgIpc) is 3.39. The van der Waals surface area contributed by atoms with Crippen LogP contribution in [0.5, 0.6) is 0 Å². The quantitative estimate of drug-likeness (QED) is 0.436. The van der Waals surface area contributed by atoms with Crippen LogP contribution < -0.4 is 5.32 Å². The van der Waals surface area contributed by atoms with Crippen LogP contribution in [0, 0.1) is 12.7 Å². The number of imidazole rings is 1. The first kappa shape index (κ1) is 20.1. The predicted molar refractivity (Wildman–Crippen MR) is 124 cm³/mol. The molecule has 1 unspecified atom stereocenters. The number of nitrogens with zero attached hydrogens (tertiary/aromatic N) is 3. The summed E-state index contributed by atoms with van der Waals surface area (Å²) in [4.78, 5) is 22.0. The highest BCUT2D eigenvalue weighted by Crippen LogP contribution is 2.34. The van der Waals surface area contributed by atoms with Crippen molar-refractivity contribution in [2.45, 2.75) is 32.7 Å². The Morgan fingerprint density at radius 1 is 1.19 bits per heavy atom. The van der Waals surface area contributed by atoms with E-state index in [1.165, 1.54) is 23.4 Å². The monoisotopic (exact) mass is 426 g/mol. The maximum Gasteiger partial charge on any atom is 0.274 e. The highest BCUT2D eigenvalue weighted by atomic mass is 19.1. The molecule has 2 heterocycles. The zero-order chi connectivity index (χ0) is 22.2. The molecule has 32 heavy (non-hydrogen) atoms. The standard InChI is InChI=1S/C26H23FN4O/c1-16-7-12-25-28-14-24(31(25)15-16)26(32)30-23-13-19(8-10-21(23)27)17(2)29-22-11-9-18-5-3-4-6-20(18)22/h3-8,10,12-15,22H,9,11H2,1-2H3,(H,30,32). The Morgan fingerprint density at radius 2 is 2.03 bits per heavy atom. The van der Waals surface area contributed by atoms with Crippen LogP contribution in [0.25, 0.3) is 5.65 Å². The number of rotatable bonds is 4. The molecule has 1 aliphatic rings. The van der Waals surface area contributed by atoms with Gasteiger partial charge in [-0.1, -0.05) is 36.4 Å². The van der Waals surface area contributed by atoms with Crippen LogP contribution in [0.4, 0.5) is 10.1 Å². The molecule has 0 saturated carbocycles. The Labute approximate surface area is 185 Å². The lowest BCUT2D eigenvalue weighted by Crippen LogP contribution is -2.16. The summed E-state index contributed by atoms with van der Waals surface area (Å²) in [6, 6.07) is 16.9. The molecule has 1 N–H and O–H groups in total. The molecule has 1 aliphatic carbocycles. The highest BCUT2D eigenvalue weighted by molar-refractivity contribution is 6.05. The van der Waals surface area contributed by atoms with E-state index in [9.17, 15) is 9.18 Å². The molecule has 0 aliphatic heterocycles. The number of nitrogens with one attached hydrogen (secondary N) is 1. The molecule has 0 fully saturated rings. The van der Waals surface area contributed by atoms with E-state index in [0.29, 0.717) is 11.3 Å². The molecule has 0 spiro atoms. The SMILES string of the molecule is CC(=NC1CCc2ccccc21)c1ccc(F)c(NC(=O)c2cnc3ccc(C)cn23)c1. The Balaban J connectivity index is 1.41. The van der Waals surface area contributed by atoms with Crippen molar-refractivity contribution >= 4 is 23.0 Å². The number of halogens is 1. The average molecular weight is 426 g/mol. The normalized spacial score (nSPS) is 15.7. The van der Waals surface area contributed by atoms with Crippen molar-refractivity contribution in [1.82, 2.24) is 9.38 Å². The largest absolute Gasteiger partial charge is 0.318 e. The summed E-state index contributed by atoms with van der Waals surface area (Å²) in [5.41, 5.74) is 6.31. The number of aromatic nitrogens is 2. The van der Waals surface area contributed by atoms with E-state index in [1.807, 2.05) is 38.2 Å². The second-order valence-electron chi connectivity index (χ2n) is 8.19. The van der Waals surface area contributed by atoms with Gasteiger partial charge in [0.2, 0.25) is 0 Å². The number of aryl methyl sites for hydroxylation is 2. The number of fused-ring (bicyclic) bond motifs is 2. The molecule has 6 heteroatoms. The fourth-order valence-corrected chi connectivity index (χ4v) is 4.26. The van der Waals surface area contributed by atoms with E-state index in [-0.39, 0.29) is 11.7 Å². The van der Waals surface area contributed by atoms with Gasteiger partial charge < -0.3 is 5.32 Å². The van der Waals surface area contributed by atoms with Crippen LogP contribution in [0.2, 0.25) is 0 Å². The number of aliphatic imine (C=N–C) groups is 1. The van der Waals surface area contributed by atoms with Gasteiger partial charge in [-0.3, -0.25) is 14.2 Å². The fourth-order valence-electron chi connectivity index (χ4n) is 4.26. The highest BCUT2D eigenvalue weighted by Gasteiger charge is 2.21. The number of amides is 1. The summed E-state index contributed by atoms with van der Waals surface area (Å²) in [7, 11) is 0. The number of hydrogen-bond donors (Lipinski definition) is 1. The summed E-state index contributed by atoms with van der Waals surface area (Å²) in [6.45, 7) is 3.86. The van der Waals surface area contributed by atoms with Crippen molar-refractivity contribution in [2.24, 2.45) is 4.99 Å². The number of carbonyl (C=O) groups excluding carboxylic acids is 1. The minimum Gasteiger partial charge on any atom is -0.318 e. The lowest BCUT2D eigenvalue weighted by Gasteiger charge is -2.11. The van der Waals surface area contributed by atoms with Crippen molar-refractivity contribution in [2.75, 3.05) is 5.32 Å². The van der Waals surface area contributed by atoms with Crippen molar-refractivity contribution < 1.29 is 9.18 Å². The Kier molecular flexibility index (Phi) is 5.05. The molecule has 2 aromatic carbocycles. The molecule has 0 radical (unpaired) electrons. The van der Waals surface area contributed by atoms with Gasteiger partial charge in [0.1, 0.15) is 17.2 Å². The van der Waals surface area contributed by atoms with Crippen molar-refractivity contribution in [3.05, 3.63) is 101 Å². The predicted octanol–water partition coefficient (Wildman–Crippen LogP) is 5.53. The Bertz CT molecular complexity index is 1370. The number of pyridine rings is 1. The fraction of sp³-hybridized carbons (Fsp3) is 0.192. The summed E-state index contributed by atoms with van der Waals surface area (Å²) < 4.78 is 16.2. The van der Waals surface area contributed by atoms with E-state index in [2.05, 4.69) is 28.5 Å². The van der Waals surface area contributed by atoms with Crippen LogP contribution in [-0.4, -0.2) is 21.0 Å². The number of carbonyl (C=O) groups is 1. The Morgan fingerprint density at radius 3 is 2.91 bits per heavy atom. The molecular weight excluding hydrogens is 403 g/mol. The molecule has 4 aromatic rings. The lowest BCUT2D eigenvalue weighted by molar-refractivity contribution is 0.102. The second kappa shape index (κ2) is 8.04. The summed E-state index contributed by atoms with van der Waals surface area (Å²) in [5, 5.41) is 2.70. The first-order valence-electron chi connectivity index (χ1n) is 10.7. The summed E-state index contributed by atoms with van der Waals surface area (Å²) in [6.07, 6.45) is 5.31. The zero-order valence-electron chi connectivity index (χ0n) is 18.0. The van der Waals surface area contributed by atoms with E-state index in [1.54, 1.807) is 16.5 Å². The third-order valence-electron chi connectivity index (χ3n) is 5.97. The summed E-state index contributed by atoms with van der Waals surface area (Å²) >= 11 is 0. The second-order valence-corrected chi connectivity index (χ2v) is 8.19. The van der Waals surface area contributed by atoms with E-state index in [4.69, 9.17) is 4.99 Å². The third kappa shape index (κ3) is 3.68. The molecule has 5 nitrogen and oxygen atoms in total. The molecule has 160 valence electrons. The molecule has 1 atom stereocenters. The van der Waals surface area contributed by atoms with Gasteiger partial charge in [-0.25, -0.2) is 9.37 Å². The number of hydrogen-bond acceptors (Lipinski definition) is 3. The molecule has 2 aromatic heterocycles. The van der Waals surface area contributed by atoms with Crippen molar-refractivity contribution in [1.29, 1.82) is 0 Å². The van der Waals surface area contributed by atoms with Gasteiger partial charge in [0.25, 0.3) is 5.91 Å². The van der Waals surface area contributed by atoms with Gasteiger partial charge in [0.05, 0.1) is 17.9 Å². The van der Waals surface area contributed by atoms with Crippen molar-refractivity contribution in [3.8, 4) is 0 Å². The Hall–Kier alpha value is -3.80. The third-order valence-corrected chi connectivity index (χ3v) is 5.97. The van der Waals surface area contributed by atoms with Crippen molar-refractivity contribution in [3.63, 3.8) is 0 Å². The van der Waals surface area contributed by atoms with Crippen LogP contribution >= 0.6 is 0 Å². The first-order chi connectivity index (χ1) is 15.5. The minimum atomic E-state index is -0.494. The molecule has 1 amide bonds. The summed E-state index contributed by atoms with van der Waals surface area (Å²) in [5.74, 6) is -0.912. The molecular formula is C26H23FN4O. The molecule has 0 bridgehead atoms. The van der Waals surface area contributed by atoms with Gasteiger partial charge in [-0.15, -0.1) is 0 Å². The van der Waals surface area contributed by atoms with Gasteiger partial charge in [0.15, 0.2) is 0 Å². The minimum absolute atomic E-state index is 0.107. The van der Waals surface area contributed by atoms with Gasteiger partial charge in [0, 0.05) is 11.9 Å². The van der Waals surface area contributed by atoms with Crippen LogP contribution in [0.15, 0.2) is 72.0 Å². The smallest absolute Gasteiger partial charge is 0.274 e. The van der Waals surface area contributed by atoms with E-state index in [0.717, 1.165) is 29.7 Å². The lowest BCUT2D eigenvalue weighted by atomic mass is 10.1. The van der Waals surface area contributed by atoms with E-state index < -0.39 is 11.7 Å². The topological polar surface area (TPSA) is 58.8 Å². The zero-order valence-corrected chi connectivity index (χ0v) is 18.0. The number of benzene rings is 2. The van der Waals surface area contributed by atoms with Gasteiger partial charge >= 0.3 is 0 Å². The van der Waals surface area contributed by atoms with Crippen LogP contribution in [0.1, 0.15) is 52.1 Å². The van der Waals surface area contributed by atoms with Gasteiger partial charge in [-0.2, -0.15) is 0 Å². The maximum atomic E-state index is 14.5. The number of anilines is 1. The van der Waals surface area contributed by atoms with E-state index >= 15 is 0 Å². The van der Waals surface area contributed by atoms with Crippen LogP contribution in [-0.2, 0) is 6.42 Å². The maximum absolute atomic E-state index is 14.5.